The molecule has 3 rings (SSSR count). The first kappa shape index (κ1) is 11.3. The summed E-state index contributed by atoms with van der Waals surface area (Å²) in [6, 6.07) is 13.6. The van der Waals surface area contributed by atoms with Crippen LogP contribution in [0.4, 0.5) is 0 Å². The zero-order valence-corrected chi connectivity index (χ0v) is 11.1. The molecule has 0 saturated carbocycles. The van der Waals surface area contributed by atoms with Gasteiger partial charge in [0.05, 0.1) is 0 Å². The number of benzene rings is 2. The van der Waals surface area contributed by atoms with Crippen molar-refractivity contribution in [2.24, 2.45) is 0 Å². The smallest absolute Gasteiger partial charge is 0.0499 e. The van der Waals surface area contributed by atoms with Gasteiger partial charge in [-0.15, -0.1) is 0 Å². The van der Waals surface area contributed by atoms with E-state index in [1.54, 1.807) is 0 Å². The Bertz CT molecular complexity index is 730. The minimum absolute atomic E-state index is 0.514. The molecule has 0 saturated heterocycles. The van der Waals surface area contributed by atoms with Gasteiger partial charge in [-0.2, -0.15) is 0 Å². The van der Waals surface area contributed by atoms with Crippen LogP contribution in [0.2, 0.25) is 0 Å². The van der Waals surface area contributed by atoms with Crippen molar-refractivity contribution in [2.45, 2.75) is 32.7 Å². The number of aromatic nitrogens is 1. The van der Waals surface area contributed by atoms with Crippen LogP contribution >= 0.6 is 0 Å². The molecule has 0 aliphatic heterocycles. The zero-order valence-electron chi connectivity index (χ0n) is 11.1. The molecule has 0 amide bonds. The van der Waals surface area contributed by atoms with E-state index in [0.29, 0.717) is 6.04 Å². The Morgan fingerprint density at radius 1 is 1.17 bits per heavy atom. The van der Waals surface area contributed by atoms with Crippen molar-refractivity contribution in [1.29, 1.82) is 0 Å². The molecule has 0 radical (unpaired) electrons. The summed E-state index contributed by atoms with van der Waals surface area (Å²) in [5.74, 6) is 0. The van der Waals surface area contributed by atoms with Crippen molar-refractivity contribution in [1.82, 2.24) is 4.57 Å². The van der Waals surface area contributed by atoms with Crippen LogP contribution in [0.15, 0.2) is 36.4 Å². The molecular formula is C17H19N. The number of hydrogen-bond donors (Lipinski definition) is 0. The fraction of sp³-hybridized carbons (Fsp3) is 0.294. The quantitative estimate of drug-likeness (QED) is 0.640. The van der Waals surface area contributed by atoms with Crippen molar-refractivity contribution < 1.29 is 0 Å². The maximum absolute atomic E-state index is 4.30. The van der Waals surface area contributed by atoms with Gasteiger partial charge in [0.2, 0.25) is 0 Å². The van der Waals surface area contributed by atoms with Crippen LogP contribution in [0, 0.1) is 0 Å². The Morgan fingerprint density at radius 3 is 2.61 bits per heavy atom. The molecule has 0 fully saturated rings. The average molecular weight is 237 g/mol. The molecule has 3 aromatic rings. The molecule has 1 nitrogen and oxygen atoms in total. The summed E-state index contributed by atoms with van der Waals surface area (Å²) in [6.07, 6.45) is 2.40. The van der Waals surface area contributed by atoms with Gasteiger partial charge in [0.25, 0.3) is 0 Å². The second kappa shape index (κ2) is 4.16. The molecule has 1 aromatic heterocycles. The Morgan fingerprint density at radius 2 is 1.89 bits per heavy atom. The van der Waals surface area contributed by atoms with E-state index in [4.69, 9.17) is 0 Å². The highest BCUT2D eigenvalue weighted by molar-refractivity contribution is 6.09. The number of nitrogens with zero attached hydrogens (tertiary/aromatic N) is 1. The molecule has 0 N–H and O–H groups in total. The Labute approximate surface area is 108 Å². The van der Waals surface area contributed by atoms with E-state index >= 15 is 0 Å². The standard InChI is InChI=1S/C17H19N/c1-4-7-12(2)18-13(3)15-10-5-8-14-9-6-11-16(18)17(14)15/h5-6,8-12H,3-4,7H2,1-2H3. The predicted molar refractivity (Wildman–Crippen MR) is 79.8 cm³/mol. The largest absolute Gasteiger partial charge is 0.338 e. The van der Waals surface area contributed by atoms with Crippen LogP contribution in [0.5, 0.6) is 0 Å². The lowest BCUT2D eigenvalue weighted by Crippen LogP contribution is -2.18. The Balaban J connectivity index is 2.42. The molecule has 2 aromatic carbocycles. The molecule has 0 spiro atoms. The van der Waals surface area contributed by atoms with Crippen LogP contribution < -0.4 is 5.35 Å². The van der Waals surface area contributed by atoms with E-state index in [0.717, 1.165) is 5.35 Å². The van der Waals surface area contributed by atoms with E-state index in [9.17, 15) is 0 Å². The molecule has 0 aliphatic rings. The number of rotatable bonds is 3. The molecule has 1 atom stereocenters. The van der Waals surface area contributed by atoms with E-state index in [2.05, 4.69) is 61.4 Å². The summed E-state index contributed by atoms with van der Waals surface area (Å²) in [5, 5.41) is 5.14. The lowest BCUT2D eigenvalue weighted by Gasteiger charge is -2.14. The maximum Gasteiger partial charge on any atom is 0.0499 e. The molecular weight excluding hydrogens is 218 g/mol. The summed E-state index contributed by atoms with van der Waals surface area (Å²) in [5.41, 5.74) is 1.33. The van der Waals surface area contributed by atoms with E-state index < -0.39 is 0 Å². The highest BCUT2D eigenvalue weighted by atomic mass is 15.0. The molecule has 18 heavy (non-hydrogen) atoms. The van der Waals surface area contributed by atoms with Crippen LogP contribution in [0.1, 0.15) is 32.7 Å². The minimum atomic E-state index is 0.514. The molecule has 92 valence electrons. The van der Waals surface area contributed by atoms with Gasteiger partial charge in [0, 0.05) is 27.7 Å². The monoisotopic (exact) mass is 237 g/mol. The lowest BCUT2D eigenvalue weighted by atomic mass is 10.1. The fourth-order valence-electron chi connectivity index (χ4n) is 3.09. The van der Waals surface area contributed by atoms with Crippen LogP contribution in [-0.4, -0.2) is 4.57 Å². The van der Waals surface area contributed by atoms with Gasteiger partial charge >= 0.3 is 0 Å². The van der Waals surface area contributed by atoms with Crippen LogP contribution in [-0.2, 0) is 0 Å². The highest BCUT2D eigenvalue weighted by Gasteiger charge is 2.13. The summed E-state index contributed by atoms with van der Waals surface area (Å²) < 4.78 is 2.40. The van der Waals surface area contributed by atoms with Gasteiger partial charge in [-0.25, -0.2) is 0 Å². The third-order valence-corrected chi connectivity index (χ3v) is 3.89. The van der Waals surface area contributed by atoms with Gasteiger partial charge in [-0.1, -0.05) is 50.3 Å². The summed E-state index contributed by atoms with van der Waals surface area (Å²) in [7, 11) is 0. The Kier molecular flexibility index (Phi) is 2.62. The zero-order chi connectivity index (χ0) is 12.7. The Hall–Kier alpha value is -1.76. The average Bonchev–Trinajstić information content (AvgIpc) is 2.66. The second-order valence-corrected chi connectivity index (χ2v) is 5.14. The van der Waals surface area contributed by atoms with E-state index in [1.165, 1.54) is 34.5 Å². The SMILES string of the molecule is C=c1c2cccc3cccc(c32)n1C(C)CCC. The van der Waals surface area contributed by atoms with Crippen molar-refractivity contribution in [3.05, 3.63) is 41.7 Å². The molecule has 1 heterocycles. The summed E-state index contributed by atoms with van der Waals surface area (Å²) >= 11 is 0. The summed E-state index contributed by atoms with van der Waals surface area (Å²) in [6.45, 7) is 8.83. The van der Waals surface area contributed by atoms with Crippen molar-refractivity contribution in [3.8, 4) is 0 Å². The van der Waals surface area contributed by atoms with Gasteiger partial charge in [-0.05, 0) is 24.8 Å². The topological polar surface area (TPSA) is 4.93 Å². The third-order valence-electron chi connectivity index (χ3n) is 3.89. The third kappa shape index (κ3) is 1.47. The summed E-state index contributed by atoms with van der Waals surface area (Å²) in [4.78, 5) is 0. The second-order valence-electron chi connectivity index (χ2n) is 5.14. The fourth-order valence-corrected chi connectivity index (χ4v) is 3.09. The van der Waals surface area contributed by atoms with Gasteiger partial charge < -0.3 is 4.57 Å². The van der Waals surface area contributed by atoms with E-state index in [1.807, 2.05) is 0 Å². The van der Waals surface area contributed by atoms with Gasteiger partial charge in [0.15, 0.2) is 0 Å². The highest BCUT2D eigenvalue weighted by Crippen LogP contribution is 2.28. The maximum atomic E-state index is 4.30. The van der Waals surface area contributed by atoms with Gasteiger partial charge in [-0.3, -0.25) is 0 Å². The van der Waals surface area contributed by atoms with E-state index in [-0.39, 0.29) is 0 Å². The van der Waals surface area contributed by atoms with Crippen molar-refractivity contribution in [2.75, 3.05) is 0 Å². The first-order valence-corrected chi connectivity index (χ1v) is 6.74. The number of hydrogen-bond acceptors (Lipinski definition) is 0. The first-order valence-electron chi connectivity index (χ1n) is 6.74. The normalized spacial score (nSPS) is 13.4. The van der Waals surface area contributed by atoms with Gasteiger partial charge in [0.1, 0.15) is 0 Å². The lowest BCUT2D eigenvalue weighted by molar-refractivity contribution is 0.507. The van der Waals surface area contributed by atoms with Crippen LogP contribution in [0.3, 0.4) is 0 Å². The van der Waals surface area contributed by atoms with Crippen molar-refractivity contribution >= 4 is 28.3 Å². The molecule has 0 aliphatic carbocycles. The molecule has 1 heteroatoms. The van der Waals surface area contributed by atoms with Crippen LogP contribution in [0.25, 0.3) is 28.3 Å². The first-order chi connectivity index (χ1) is 8.74. The minimum Gasteiger partial charge on any atom is -0.338 e. The predicted octanol–water partition coefficient (Wildman–Crippen LogP) is 4.28. The molecule has 1 unspecified atom stereocenters. The van der Waals surface area contributed by atoms with Crippen molar-refractivity contribution in [3.63, 3.8) is 0 Å². The molecule has 0 bridgehead atoms.